The maximum atomic E-state index is 12.0. The van der Waals surface area contributed by atoms with Gasteiger partial charge in [-0.05, 0) is 47.5 Å². The van der Waals surface area contributed by atoms with Gasteiger partial charge in [-0.1, -0.05) is 24.8 Å². The van der Waals surface area contributed by atoms with E-state index in [1.165, 1.54) is 19.3 Å². The number of carbonyl (C=O) groups excluding carboxylic acids is 2. The molecule has 216 valence electrons. The van der Waals surface area contributed by atoms with Crippen molar-refractivity contribution in [2.75, 3.05) is 37.9 Å². The third kappa shape index (κ3) is 6.27. The average molecular weight is 568 g/mol. The molecule has 1 fully saturated rings. The summed E-state index contributed by atoms with van der Waals surface area (Å²) in [7, 11) is 3.21. The molecule has 5 rings (SSSR count). The Balaban J connectivity index is 1.45. The van der Waals surface area contributed by atoms with Crippen LogP contribution in [0, 0.1) is 0 Å². The molecule has 3 aromatic carbocycles. The van der Waals surface area contributed by atoms with E-state index >= 15 is 0 Å². The van der Waals surface area contributed by atoms with Crippen molar-refractivity contribution in [2.45, 2.75) is 25.9 Å². The van der Waals surface area contributed by atoms with E-state index in [1.807, 2.05) is 54.6 Å². The van der Waals surface area contributed by atoms with Gasteiger partial charge in [0.2, 0.25) is 11.8 Å². The second-order valence-corrected chi connectivity index (χ2v) is 9.89. The van der Waals surface area contributed by atoms with Gasteiger partial charge in [-0.2, -0.15) is 0 Å². The molecule has 1 aromatic heterocycles. The predicted octanol–water partition coefficient (Wildman–Crippen LogP) is 5.57. The van der Waals surface area contributed by atoms with Crippen LogP contribution in [0.25, 0.3) is 22.0 Å². The van der Waals surface area contributed by atoms with Gasteiger partial charge in [-0.25, -0.2) is 9.97 Å². The van der Waals surface area contributed by atoms with Crippen LogP contribution in [0.1, 0.15) is 19.8 Å². The largest absolute Gasteiger partial charge is 0.495 e. The first kappa shape index (κ1) is 28.4. The molecule has 0 bridgehead atoms. The molecule has 0 unspecified atom stereocenters. The van der Waals surface area contributed by atoms with Crippen LogP contribution >= 0.6 is 0 Å². The van der Waals surface area contributed by atoms with Crippen LogP contribution in [-0.4, -0.2) is 60.1 Å². The van der Waals surface area contributed by atoms with Crippen molar-refractivity contribution < 1.29 is 23.8 Å². The van der Waals surface area contributed by atoms with Crippen LogP contribution in [0.5, 0.6) is 17.2 Å². The fourth-order valence-corrected chi connectivity index (χ4v) is 5.01. The molecule has 1 saturated heterocycles. The third-order valence-electron chi connectivity index (χ3n) is 7.11. The van der Waals surface area contributed by atoms with Crippen molar-refractivity contribution in [1.29, 1.82) is 0 Å². The summed E-state index contributed by atoms with van der Waals surface area (Å²) in [6.45, 7) is 6.26. The quantitative estimate of drug-likeness (QED) is 0.252. The highest BCUT2D eigenvalue weighted by Gasteiger charge is 2.24. The number of hydrogen-bond donors (Lipinski definition) is 2. The van der Waals surface area contributed by atoms with E-state index in [4.69, 9.17) is 14.2 Å². The maximum Gasteiger partial charge on any atom is 0.245 e. The first-order valence-electron chi connectivity index (χ1n) is 13.6. The summed E-state index contributed by atoms with van der Waals surface area (Å²) in [4.78, 5) is 34.3. The molecule has 0 saturated carbocycles. The van der Waals surface area contributed by atoms with Gasteiger partial charge in [0.25, 0.3) is 0 Å². The zero-order valence-electron chi connectivity index (χ0n) is 23.8. The average Bonchev–Trinajstić information content (AvgIpc) is 3.00. The zero-order chi connectivity index (χ0) is 29.6. The van der Waals surface area contributed by atoms with E-state index in [0.29, 0.717) is 65.9 Å². The fraction of sp³-hybridized carbons (Fsp3) is 0.250. The number of amides is 2. The molecule has 0 aliphatic carbocycles. The van der Waals surface area contributed by atoms with Crippen molar-refractivity contribution in [3.05, 3.63) is 73.6 Å². The molecule has 10 nitrogen and oxygen atoms in total. The van der Waals surface area contributed by atoms with Crippen LogP contribution in [-0.2, 0) is 9.59 Å². The van der Waals surface area contributed by atoms with Crippen molar-refractivity contribution in [3.8, 4) is 28.4 Å². The minimum atomic E-state index is -0.131. The van der Waals surface area contributed by atoms with Crippen molar-refractivity contribution in [2.24, 2.45) is 0 Å². The molecule has 2 amide bonds. The number of nitrogens with zero attached hydrogens (tertiary/aromatic N) is 3. The van der Waals surface area contributed by atoms with Crippen LogP contribution in [0.4, 0.5) is 17.2 Å². The molecule has 42 heavy (non-hydrogen) atoms. The molecular weight excluding hydrogens is 534 g/mol. The van der Waals surface area contributed by atoms with E-state index < -0.39 is 0 Å². The summed E-state index contributed by atoms with van der Waals surface area (Å²) in [6, 6.07) is 17.2. The highest BCUT2D eigenvalue weighted by atomic mass is 16.5. The number of carbonyl (C=O) groups is 2. The lowest BCUT2D eigenvalue weighted by Crippen LogP contribution is -2.41. The summed E-state index contributed by atoms with van der Waals surface area (Å²) >= 11 is 0. The van der Waals surface area contributed by atoms with Gasteiger partial charge < -0.3 is 29.7 Å². The molecule has 2 heterocycles. The van der Waals surface area contributed by atoms with Gasteiger partial charge in [-0.3, -0.25) is 9.59 Å². The number of ether oxygens (including phenoxy) is 3. The standard InChI is InChI=1S/C32H33N5O5/c1-5-31(39)37-13-11-24(12-14-37)42-30-17-25-26(18-29(30)41-4)33-19-34-32(25)36-27-16-22(9-10-28(27)40-3)21-7-6-8-23(15-21)35-20(2)38/h5-10,15-19,24H,1,11-14H2,2-4H3,(H,35,38)(H,33,34,36). The number of benzene rings is 3. The van der Waals surface area contributed by atoms with Crippen LogP contribution in [0.2, 0.25) is 0 Å². The van der Waals surface area contributed by atoms with Gasteiger partial charge in [0.15, 0.2) is 11.5 Å². The van der Waals surface area contributed by atoms with Gasteiger partial charge in [0, 0.05) is 50.0 Å². The monoisotopic (exact) mass is 567 g/mol. The molecule has 4 aromatic rings. The Labute approximate surface area is 244 Å². The maximum absolute atomic E-state index is 12.0. The third-order valence-corrected chi connectivity index (χ3v) is 7.11. The smallest absolute Gasteiger partial charge is 0.245 e. The molecule has 0 spiro atoms. The number of hydrogen-bond acceptors (Lipinski definition) is 8. The highest BCUT2D eigenvalue weighted by Crippen LogP contribution is 2.38. The Bertz CT molecular complexity index is 1630. The van der Waals surface area contributed by atoms with Gasteiger partial charge >= 0.3 is 0 Å². The molecule has 0 radical (unpaired) electrons. The highest BCUT2D eigenvalue weighted by molar-refractivity contribution is 5.94. The molecular formula is C32H33N5O5. The minimum Gasteiger partial charge on any atom is -0.495 e. The normalized spacial score (nSPS) is 13.4. The molecule has 2 N–H and O–H groups in total. The fourth-order valence-electron chi connectivity index (χ4n) is 5.01. The number of likely N-dealkylation sites (tertiary alicyclic amines) is 1. The van der Waals surface area contributed by atoms with Gasteiger partial charge in [0.05, 0.1) is 25.4 Å². The summed E-state index contributed by atoms with van der Waals surface area (Å²) in [6.07, 6.45) is 4.16. The van der Waals surface area contributed by atoms with E-state index in [2.05, 4.69) is 27.2 Å². The Morgan fingerprint density at radius 1 is 0.952 bits per heavy atom. The molecule has 1 aliphatic heterocycles. The lowest BCUT2D eigenvalue weighted by atomic mass is 10.0. The zero-order valence-corrected chi connectivity index (χ0v) is 23.8. The van der Waals surface area contributed by atoms with Gasteiger partial charge in [-0.15, -0.1) is 0 Å². The van der Waals surface area contributed by atoms with Crippen LogP contribution < -0.4 is 24.8 Å². The van der Waals surface area contributed by atoms with Crippen molar-refractivity contribution in [3.63, 3.8) is 0 Å². The van der Waals surface area contributed by atoms with E-state index in [9.17, 15) is 9.59 Å². The number of anilines is 3. The lowest BCUT2D eigenvalue weighted by Gasteiger charge is -2.31. The lowest BCUT2D eigenvalue weighted by molar-refractivity contribution is -0.127. The summed E-state index contributed by atoms with van der Waals surface area (Å²) in [5.41, 5.74) is 3.96. The van der Waals surface area contributed by atoms with E-state index in [-0.39, 0.29) is 17.9 Å². The SMILES string of the molecule is C=CC(=O)N1CCC(Oc2cc3c(Nc4cc(-c5cccc(NC(C)=O)c5)ccc4OC)ncnc3cc2OC)CC1. The number of fused-ring (bicyclic) bond motifs is 1. The van der Waals surface area contributed by atoms with Crippen molar-refractivity contribution >= 4 is 39.9 Å². The van der Waals surface area contributed by atoms with E-state index in [0.717, 1.165) is 16.5 Å². The van der Waals surface area contributed by atoms with Crippen LogP contribution in [0.3, 0.4) is 0 Å². The predicted molar refractivity (Wildman–Crippen MR) is 163 cm³/mol. The Hall–Kier alpha value is -5.12. The number of nitrogens with one attached hydrogen (secondary N) is 2. The number of aromatic nitrogens is 2. The van der Waals surface area contributed by atoms with Crippen molar-refractivity contribution in [1.82, 2.24) is 14.9 Å². The van der Waals surface area contributed by atoms with Gasteiger partial charge in [0.1, 0.15) is 24.0 Å². The number of piperidine rings is 1. The first-order chi connectivity index (χ1) is 20.4. The second-order valence-electron chi connectivity index (χ2n) is 9.89. The molecule has 10 heteroatoms. The summed E-state index contributed by atoms with van der Waals surface area (Å²) in [5.74, 6) is 2.15. The Kier molecular flexibility index (Phi) is 8.52. The Morgan fingerprint density at radius 3 is 2.43 bits per heavy atom. The topological polar surface area (TPSA) is 115 Å². The number of methoxy groups -OCH3 is 2. The van der Waals surface area contributed by atoms with Crippen LogP contribution in [0.15, 0.2) is 73.6 Å². The number of rotatable bonds is 9. The van der Waals surface area contributed by atoms with E-state index in [1.54, 1.807) is 19.1 Å². The second kappa shape index (κ2) is 12.6. The molecule has 1 aliphatic rings. The first-order valence-corrected chi connectivity index (χ1v) is 13.6. The molecule has 0 atom stereocenters. The Morgan fingerprint density at radius 2 is 1.71 bits per heavy atom. The minimum absolute atomic E-state index is 0.0652. The summed E-state index contributed by atoms with van der Waals surface area (Å²) in [5, 5.41) is 6.99. The summed E-state index contributed by atoms with van der Waals surface area (Å²) < 4.78 is 17.7.